The van der Waals surface area contributed by atoms with E-state index in [0.29, 0.717) is 19.1 Å². The number of likely N-dealkylation sites (N-methyl/N-ethyl adjacent to an activating group) is 1. The standard InChI is InChI=1S/C29H40N2O4/c1-9-18(3)17-35-24-13-11-12-20(26(24)19(4)10-2)27-22-14-23(32)21(28(33)34)15-31(22)25(16-30(27)8)29(5,6)7/h11-15,18,25H,9-10,16-17H2,1-8H3,(H,33,34)/b26-19+,27-20-/t18-,25?/m0/s1. The molecule has 0 saturated heterocycles. The summed E-state index contributed by atoms with van der Waals surface area (Å²) >= 11 is 0. The summed E-state index contributed by atoms with van der Waals surface area (Å²) in [5.74, 6) is 0.0894. The molecule has 0 radical (unpaired) electrons. The summed E-state index contributed by atoms with van der Waals surface area (Å²) in [7, 11) is 2.05. The van der Waals surface area contributed by atoms with Crippen molar-refractivity contribution < 1.29 is 14.6 Å². The van der Waals surface area contributed by atoms with E-state index in [-0.39, 0.29) is 17.0 Å². The van der Waals surface area contributed by atoms with Crippen LogP contribution in [0.4, 0.5) is 0 Å². The van der Waals surface area contributed by atoms with Crippen LogP contribution in [0.15, 0.2) is 35.3 Å². The zero-order valence-electron chi connectivity index (χ0n) is 22.4. The summed E-state index contributed by atoms with van der Waals surface area (Å²) in [5, 5.41) is 11.7. The average molecular weight is 481 g/mol. The molecule has 0 aliphatic carbocycles. The van der Waals surface area contributed by atoms with E-state index in [4.69, 9.17) is 4.74 Å². The van der Waals surface area contributed by atoms with Crippen LogP contribution in [0.1, 0.15) is 83.4 Å². The predicted octanol–water partition coefficient (Wildman–Crippen LogP) is 4.24. The average Bonchev–Trinajstić information content (AvgIpc) is 2.80. The topological polar surface area (TPSA) is 71.8 Å². The number of carboxylic acids is 1. The fourth-order valence-electron chi connectivity index (χ4n) is 4.64. The summed E-state index contributed by atoms with van der Waals surface area (Å²) in [5.41, 5.74) is 2.03. The summed E-state index contributed by atoms with van der Waals surface area (Å²) in [4.78, 5) is 26.9. The maximum Gasteiger partial charge on any atom is 0.341 e. The Labute approximate surface area is 208 Å². The lowest BCUT2D eigenvalue weighted by molar-refractivity contribution is 0.0693. The zero-order valence-corrected chi connectivity index (χ0v) is 22.4. The number of fused-ring (bicyclic) bond motifs is 1. The van der Waals surface area contributed by atoms with Crippen molar-refractivity contribution in [2.24, 2.45) is 11.3 Å². The number of aromatic nitrogens is 1. The normalized spacial score (nSPS) is 19.2. The smallest absolute Gasteiger partial charge is 0.341 e. The molecule has 2 aromatic rings. The summed E-state index contributed by atoms with van der Waals surface area (Å²) in [6.45, 7) is 16.3. The molecule has 6 heteroatoms. The molecule has 2 heterocycles. The number of nitrogens with zero attached hydrogens (tertiary/aromatic N) is 2. The third kappa shape index (κ3) is 5.31. The van der Waals surface area contributed by atoms with Gasteiger partial charge in [-0.25, -0.2) is 4.79 Å². The molecule has 1 aliphatic rings. The van der Waals surface area contributed by atoms with E-state index in [1.165, 1.54) is 17.8 Å². The molecule has 3 rings (SSSR count). The number of rotatable bonds is 6. The quantitative estimate of drug-likeness (QED) is 0.670. The summed E-state index contributed by atoms with van der Waals surface area (Å²) in [6.07, 6.45) is 3.44. The summed E-state index contributed by atoms with van der Waals surface area (Å²) in [6, 6.07) is 7.58. The van der Waals surface area contributed by atoms with Crippen molar-refractivity contribution in [2.75, 3.05) is 20.2 Å². The number of carbonyl (C=O) groups is 1. The van der Waals surface area contributed by atoms with Crippen molar-refractivity contribution >= 4 is 17.2 Å². The molecule has 0 saturated carbocycles. The highest BCUT2D eigenvalue weighted by atomic mass is 16.5. The first-order valence-corrected chi connectivity index (χ1v) is 12.6. The largest absolute Gasteiger partial charge is 0.493 e. The maximum atomic E-state index is 12.9. The molecule has 1 aromatic carbocycles. The van der Waals surface area contributed by atoms with Gasteiger partial charge in [-0.15, -0.1) is 0 Å². The number of aromatic carboxylic acids is 1. The highest BCUT2D eigenvalue weighted by Crippen LogP contribution is 2.37. The lowest BCUT2D eigenvalue weighted by atomic mass is 9.84. The molecule has 0 bridgehead atoms. The lowest BCUT2D eigenvalue weighted by Crippen LogP contribution is -2.46. The molecule has 1 aliphatic heterocycles. The molecule has 190 valence electrons. The van der Waals surface area contributed by atoms with Crippen LogP contribution >= 0.6 is 0 Å². The fraction of sp³-hybridized carbons (Fsp3) is 0.517. The third-order valence-electron chi connectivity index (χ3n) is 7.18. The fourth-order valence-corrected chi connectivity index (χ4v) is 4.64. The van der Waals surface area contributed by atoms with Crippen LogP contribution in [0, 0.1) is 11.3 Å². The molecule has 2 atom stereocenters. The predicted molar refractivity (Wildman–Crippen MR) is 141 cm³/mol. The van der Waals surface area contributed by atoms with Crippen molar-refractivity contribution in [3.8, 4) is 5.75 Å². The van der Waals surface area contributed by atoms with Gasteiger partial charge in [-0.3, -0.25) is 4.79 Å². The second kappa shape index (κ2) is 10.3. The van der Waals surface area contributed by atoms with Crippen molar-refractivity contribution in [3.05, 3.63) is 62.4 Å². The molecular weight excluding hydrogens is 440 g/mol. The SMILES string of the molecule is CC/C(C)=c1/c(OC[C@@H](C)CC)ccc/c1=C1\c2cc(=O)c(C(=O)O)cn2C(C(C)(C)C)CN1C. The van der Waals surface area contributed by atoms with E-state index in [9.17, 15) is 14.7 Å². The van der Waals surface area contributed by atoms with Gasteiger partial charge in [0.2, 0.25) is 0 Å². The Morgan fingerprint density at radius 3 is 2.51 bits per heavy atom. The Balaban J connectivity index is 2.45. The third-order valence-corrected chi connectivity index (χ3v) is 7.18. The molecule has 6 nitrogen and oxygen atoms in total. The summed E-state index contributed by atoms with van der Waals surface area (Å²) < 4.78 is 8.32. The van der Waals surface area contributed by atoms with E-state index in [2.05, 4.69) is 59.4 Å². The molecule has 0 fully saturated rings. The number of hydrogen-bond acceptors (Lipinski definition) is 4. The minimum atomic E-state index is -1.20. The molecule has 1 aromatic heterocycles. The van der Waals surface area contributed by atoms with Crippen LogP contribution < -0.4 is 20.6 Å². The van der Waals surface area contributed by atoms with Crippen LogP contribution in [0.2, 0.25) is 0 Å². The molecule has 1 N–H and O–H groups in total. The van der Waals surface area contributed by atoms with Crippen molar-refractivity contribution in [1.29, 1.82) is 0 Å². The monoisotopic (exact) mass is 480 g/mol. The number of pyridine rings is 1. The van der Waals surface area contributed by atoms with Crippen LogP contribution in [-0.4, -0.2) is 40.7 Å². The minimum absolute atomic E-state index is 0.00510. The van der Waals surface area contributed by atoms with Gasteiger partial charge in [-0.1, -0.05) is 65.7 Å². The Morgan fingerprint density at radius 1 is 1.26 bits per heavy atom. The zero-order chi connectivity index (χ0) is 26.1. The van der Waals surface area contributed by atoms with Gasteiger partial charge in [0.1, 0.15) is 11.3 Å². The van der Waals surface area contributed by atoms with Crippen molar-refractivity contribution in [2.45, 2.75) is 67.3 Å². The van der Waals surface area contributed by atoms with E-state index in [0.717, 1.165) is 40.4 Å². The van der Waals surface area contributed by atoms with Crippen LogP contribution in [0.5, 0.6) is 5.75 Å². The van der Waals surface area contributed by atoms with Gasteiger partial charge in [0.25, 0.3) is 0 Å². The Kier molecular flexibility index (Phi) is 7.83. The first-order chi connectivity index (χ1) is 16.4. The Morgan fingerprint density at radius 2 is 1.94 bits per heavy atom. The van der Waals surface area contributed by atoms with Gasteiger partial charge in [-0.2, -0.15) is 0 Å². The minimum Gasteiger partial charge on any atom is -0.493 e. The van der Waals surface area contributed by atoms with E-state index < -0.39 is 11.4 Å². The first kappa shape index (κ1) is 26.6. The van der Waals surface area contributed by atoms with Crippen LogP contribution in [-0.2, 0) is 0 Å². The van der Waals surface area contributed by atoms with Crippen LogP contribution in [0.25, 0.3) is 11.3 Å². The number of carboxylic acid groups (broad SMARTS) is 1. The highest BCUT2D eigenvalue weighted by molar-refractivity contribution is 5.87. The molecule has 0 spiro atoms. The van der Waals surface area contributed by atoms with Crippen molar-refractivity contribution in [3.63, 3.8) is 0 Å². The molecule has 35 heavy (non-hydrogen) atoms. The maximum absolute atomic E-state index is 12.9. The van der Waals surface area contributed by atoms with E-state index >= 15 is 0 Å². The highest BCUT2D eigenvalue weighted by Gasteiger charge is 2.35. The van der Waals surface area contributed by atoms with Gasteiger partial charge >= 0.3 is 5.97 Å². The van der Waals surface area contributed by atoms with Gasteiger partial charge in [0, 0.05) is 36.3 Å². The van der Waals surface area contributed by atoms with Gasteiger partial charge in [0.05, 0.1) is 24.0 Å². The van der Waals surface area contributed by atoms with Gasteiger partial charge in [0.15, 0.2) is 5.43 Å². The first-order valence-electron chi connectivity index (χ1n) is 12.6. The van der Waals surface area contributed by atoms with Crippen LogP contribution in [0.3, 0.4) is 0 Å². The molecule has 0 amide bonds. The number of benzene rings is 1. The Bertz CT molecular complexity index is 1280. The van der Waals surface area contributed by atoms with Gasteiger partial charge < -0.3 is 19.3 Å². The lowest BCUT2D eigenvalue weighted by Gasteiger charge is -2.43. The second-order valence-corrected chi connectivity index (χ2v) is 10.9. The molecule has 1 unspecified atom stereocenters. The number of ether oxygens (including phenoxy) is 1. The van der Waals surface area contributed by atoms with Crippen molar-refractivity contribution in [1.82, 2.24) is 9.47 Å². The number of hydrogen-bond donors (Lipinski definition) is 1. The Hall–Kier alpha value is -3.02. The van der Waals surface area contributed by atoms with E-state index in [1.807, 2.05) is 23.7 Å². The molecular formula is C29H40N2O4. The van der Waals surface area contributed by atoms with E-state index in [1.54, 1.807) is 0 Å². The second-order valence-electron chi connectivity index (χ2n) is 10.9. The van der Waals surface area contributed by atoms with Gasteiger partial charge in [-0.05, 0) is 30.7 Å².